The van der Waals surface area contributed by atoms with Gasteiger partial charge in [-0.3, -0.25) is 0 Å². The van der Waals surface area contributed by atoms with E-state index in [0.717, 1.165) is 25.9 Å². The largest absolute Gasteiger partial charge is 0.392 e. The van der Waals surface area contributed by atoms with Crippen LogP contribution >= 0.6 is 0 Å². The quantitative estimate of drug-likeness (QED) is 0.577. The third-order valence-corrected chi connectivity index (χ3v) is 2.55. The monoisotopic (exact) mass is 158 g/mol. The molecule has 0 aromatic heterocycles. The lowest BCUT2D eigenvalue weighted by Gasteiger charge is -2.31. The Morgan fingerprint density at radius 2 is 2.09 bits per heavy atom. The lowest BCUT2D eigenvalue weighted by atomic mass is 9.91. The van der Waals surface area contributed by atoms with Crippen molar-refractivity contribution in [3.63, 3.8) is 0 Å². The first-order chi connectivity index (χ1) is 5.24. The van der Waals surface area contributed by atoms with E-state index in [9.17, 15) is 5.11 Å². The molecular weight excluding hydrogens is 140 g/mol. The predicted octanol–water partition coefficient (Wildman–Crippen LogP) is -0.352. The van der Waals surface area contributed by atoms with Crippen LogP contribution in [0.2, 0.25) is 0 Å². The Morgan fingerprint density at radius 3 is 2.55 bits per heavy atom. The van der Waals surface area contributed by atoms with Crippen LogP contribution in [-0.4, -0.2) is 42.8 Å². The first kappa shape index (κ1) is 8.97. The zero-order valence-corrected chi connectivity index (χ0v) is 7.16. The third-order valence-electron chi connectivity index (χ3n) is 2.55. The van der Waals surface area contributed by atoms with Crippen LogP contribution in [-0.2, 0) is 0 Å². The molecule has 0 saturated carbocycles. The summed E-state index contributed by atoms with van der Waals surface area (Å²) in [6.45, 7) is 2.61. The maximum absolute atomic E-state index is 9.43. The summed E-state index contributed by atoms with van der Waals surface area (Å²) in [7, 11) is 2.12. The van der Waals surface area contributed by atoms with E-state index in [1.165, 1.54) is 0 Å². The van der Waals surface area contributed by atoms with Crippen molar-refractivity contribution in [2.45, 2.75) is 18.9 Å². The molecule has 1 heterocycles. The van der Waals surface area contributed by atoms with Gasteiger partial charge in [0.25, 0.3) is 0 Å². The number of hydrogen-bond donors (Lipinski definition) is 2. The number of nitrogens with two attached hydrogens (primary N) is 1. The molecule has 3 N–H and O–H groups in total. The molecule has 66 valence electrons. The van der Waals surface area contributed by atoms with Gasteiger partial charge >= 0.3 is 0 Å². The van der Waals surface area contributed by atoms with Gasteiger partial charge in [-0.15, -0.1) is 0 Å². The van der Waals surface area contributed by atoms with Gasteiger partial charge in [0.05, 0.1) is 6.10 Å². The highest BCUT2D eigenvalue weighted by Crippen LogP contribution is 2.18. The molecule has 0 unspecified atom stereocenters. The van der Waals surface area contributed by atoms with Crippen molar-refractivity contribution in [2.24, 2.45) is 11.7 Å². The lowest BCUT2D eigenvalue weighted by Crippen LogP contribution is -2.38. The topological polar surface area (TPSA) is 49.5 Å². The summed E-state index contributed by atoms with van der Waals surface area (Å²) in [5.41, 5.74) is 5.37. The highest BCUT2D eigenvalue weighted by atomic mass is 16.3. The van der Waals surface area contributed by atoms with Gasteiger partial charge < -0.3 is 15.7 Å². The molecule has 1 fully saturated rings. The summed E-state index contributed by atoms with van der Waals surface area (Å²) in [6, 6.07) is 0. The van der Waals surface area contributed by atoms with E-state index in [0.29, 0.717) is 12.5 Å². The molecule has 0 bridgehead atoms. The molecule has 3 heteroatoms. The number of rotatable bonds is 2. The van der Waals surface area contributed by atoms with E-state index >= 15 is 0 Å². The minimum Gasteiger partial charge on any atom is -0.392 e. The molecule has 1 aliphatic heterocycles. The van der Waals surface area contributed by atoms with Gasteiger partial charge in [0, 0.05) is 6.54 Å². The highest BCUT2D eigenvalue weighted by Gasteiger charge is 2.22. The van der Waals surface area contributed by atoms with Crippen LogP contribution in [0.4, 0.5) is 0 Å². The Labute approximate surface area is 68.2 Å². The normalized spacial score (nSPS) is 25.4. The van der Waals surface area contributed by atoms with Crippen LogP contribution in [0.25, 0.3) is 0 Å². The first-order valence-electron chi connectivity index (χ1n) is 4.30. The second-order valence-electron chi connectivity index (χ2n) is 3.44. The Balaban J connectivity index is 2.27. The summed E-state index contributed by atoms with van der Waals surface area (Å²) in [5, 5.41) is 9.43. The second kappa shape index (κ2) is 4.04. The fourth-order valence-electron chi connectivity index (χ4n) is 1.61. The molecule has 1 rings (SSSR count). The maximum Gasteiger partial charge on any atom is 0.0691 e. The Bertz CT molecular complexity index is 111. The van der Waals surface area contributed by atoms with E-state index < -0.39 is 0 Å². The number of hydrogen-bond acceptors (Lipinski definition) is 3. The van der Waals surface area contributed by atoms with Gasteiger partial charge in [-0.1, -0.05) is 0 Å². The average molecular weight is 158 g/mol. The van der Waals surface area contributed by atoms with Gasteiger partial charge in [-0.25, -0.2) is 0 Å². The van der Waals surface area contributed by atoms with Crippen LogP contribution in [0, 0.1) is 5.92 Å². The van der Waals surface area contributed by atoms with Crippen molar-refractivity contribution < 1.29 is 5.11 Å². The van der Waals surface area contributed by atoms with Gasteiger partial charge in [0.2, 0.25) is 0 Å². The maximum atomic E-state index is 9.43. The summed E-state index contributed by atoms with van der Waals surface area (Å²) in [6.07, 6.45) is 1.91. The Kier molecular flexibility index (Phi) is 3.30. The fourth-order valence-corrected chi connectivity index (χ4v) is 1.61. The Hall–Kier alpha value is -0.120. The molecule has 0 aliphatic carbocycles. The molecule has 1 atom stereocenters. The minimum atomic E-state index is -0.274. The second-order valence-corrected chi connectivity index (χ2v) is 3.44. The molecule has 0 radical (unpaired) electrons. The van der Waals surface area contributed by atoms with Crippen molar-refractivity contribution in [1.82, 2.24) is 4.90 Å². The number of aliphatic hydroxyl groups excluding tert-OH is 1. The fraction of sp³-hybridized carbons (Fsp3) is 1.00. The molecule has 0 aromatic carbocycles. The molecule has 0 amide bonds. The first-order valence-corrected chi connectivity index (χ1v) is 4.30. The van der Waals surface area contributed by atoms with Gasteiger partial charge in [-0.05, 0) is 38.9 Å². The van der Waals surface area contributed by atoms with Gasteiger partial charge in [-0.2, -0.15) is 0 Å². The van der Waals surface area contributed by atoms with Crippen LogP contribution in [0.3, 0.4) is 0 Å². The molecule has 0 aromatic rings. The minimum absolute atomic E-state index is 0.274. The summed E-state index contributed by atoms with van der Waals surface area (Å²) >= 11 is 0. The van der Waals surface area contributed by atoms with E-state index in [4.69, 9.17) is 5.73 Å². The van der Waals surface area contributed by atoms with Crippen molar-refractivity contribution in [3.05, 3.63) is 0 Å². The highest BCUT2D eigenvalue weighted by molar-refractivity contribution is 4.76. The molecule has 0 spiro atoms. The van der Waals surface area contributed by atoms with Crippen molar-refractivity contribution >= 4 is 0 Å². The molecule has 3 nitrogen and oxygen atoms in total. The van der Waals surface area contributed by atoms with Crippen LogP contribution in [0.1, 0.15) is 12.8 Å². The van der Waals surface area contributed by atoms with Gasteiger partial charge in [0.1, 0.15) is 0 Å². The van der Waals surface area contributed by atoms with Crippen molar-refractivity contribution in [3.8, 4) is 0 Å². The predicted molar refractivity (Wildman–Crippen MR) is 45.3 cm³/mol. The Morgan fingerprint density at radius 1 is 1.55 bits per heavy atom. The lowest BCUT2D eigenvalue weighted by molar-refractivity contribution is 0.0724. The van der Waals surface area contributed by atoms with Crippen LogP contribution in [0.5, 0.6) is 0 Å². The van der Waals surface area contributed by atoms with Crippen LogP contribution in [0.15, 0.2) is 0 Å². The molecule has 11 heavy (non-hydrogen) atoms. The number of nitrogens with zero attached hydrogens (tertiary/aromatic N) is 1. The van der Waals surface area contributed by atoms with E-state index in [1.807, 2.05) is 0 Å². The molecule has 1 saturated heterocycles. The van der Waals surface area contributed by atoms with Crippen LogP contribution < -0.4 is 5.73 Å². The van der Waals surface area contributed by atoms with Gasteiger partial charge in [0.15, 0.2) is 0 Å². The average Bonchev–Trinajstić information content (AvgIpc) is 2.05. The van der Waals surface area contributed by atoms with E-state index in [-0.39, 0.29) is 6.10 Å². The smallest absolute Gasteiger partial charge is 0.0691 e. The molecule has 1 aliphatic rings. The van der Waals surface area contributed by atoms with Crippen molar-refractivity contribution in [2.75, 3.05) is 26.7 Å². The van der Waals surface area contributed by atoms with Crippen molar-refractivity contribution in [1.29, 1.82) is 0 Å². The SMILES string of the molecule is CN1CCC([C@@H](O)CN)CC1. The molecular formula is C8H18N2O. The zero-order chi connectivity index (χ0) is 8.27. The summed E-state index contributed by atoms with van der Waals surface area (Å²) in [4.78, 5) is 2.29. The standard InChI is InChI=1S/C8H18N2O/c1-10-4-2-7(3-5-10)8(11)6-9/h7-8,11H,2-6,9H2,1H3/t8-/m0/s1. The van der Waals surface area contributed by atoms with E-state index in [1.54, 1.807) is 0 Å². The number of piperidine rings is 1. The number of aliphatic hydroxyl groups is 1. The summed E-state index contributed by atoms with van der Waals surface area (Å²) < 4.78 is 0. The third kappa shape index (κ3) is 2.43. The number of likely N-dealkylation sites (tertiary alicyclic amines) is 1. The van der Waals surface area contributed by atoms with E-state index in [2.05, 4.69) is 11.9 Å². The summed E-state index contributed by atoms with van der Waals surface area (Å²) in [5.74, 6) is 0.441. The zero-order valence-electron chi connectivity index (χ0n) is 7.16.